The summed E-state index contributed by atoms with van der Waals surface area (Å²) in [6.07, 6.45) is 0. The Labute approximate surface area is 100 Å². The molecular formula is C14H12N2O. The van der Waals surface area contributed by atoms with E-state index in [1.807, 2.05) is 30.1 Å². The van der Waals surface area contributed by atoms with E-state index in [9.17, 15) is 5.11 Å². The minimum Gasteiger partial charge on any atom is -0.508 e. The summed E-state index contributed by atoms with van der Waals surface area (Å²) in [5.41, 5.74) is 2.50. The zero-order chi connectivity index (χ0) is 12.3. The Kier molecular flexibility index (Phi) is 2.97. The number of anilines is 2. The van der Waals surface area contributed by atoms with Gasteiger partial charge in [0.05, 0.1) is 11.6 Å². The van der Waals surface area contributed by atoms with Gasteiger partial charge in [0.25, 0.3) is 0 Å². The maximum Gasteiger partial charge on any atom is 0.117 e. The first kappa shape index (κ1) is 11.0. The fraction of sp³-hybridized carbons (Fsp3) is 0.0714. The van der Waals surface area contributed by atoms with Crippen molar-refractivity contribution in [1.82, 2.24) is 0 Å². The van der Waals surface area contributed by atoms with Crippen LogP contribution in [0, 0.1) is 11.3 Å². The summed E-state index contributed by atoms with van der Waals surface area (Å²) in [5.74, 6) is 0.239. The summed E-state index contributed by atoms with van der Waals surface area (Å²) in [5, 5.41) is 18.1. The number of phenols is 1. The summed E-state index contributed by atoms with van der Waals surface area (Å²) in [6, 6.07) is 16.4. The first-order valence-corrected chi connectivity index (χ1v) is 5.23. The highest BCUT2D eigenvalue weighted by Crippen LogP contribution is 2.26. The Balaban J connectivity index is 2.30. The highest BCUT2D eigenvalue weighted by molar-refractivity contribution is 5.64. The normalized spacial score (nSPS) is 9.65. The topological polar surface area (TPSA) is 47.3 Å². The number of phenolic OH excluding ortho intramolecular Hbond substituents is 1. The summed E-state index contributed by atoms with van der Waals surface area (Å²) in [6.45, 7) is 0. The number of hydrogen-bond donors (Lipinski definition) is 1. The van der Waals surface area contributed by atoms with Crippen LogP contribution < -0.4 is 4.90 Å². The van der Waals surface area contributed by atoms with Crippen LogP contribution in [-0.2, 0) is 0 Å². The smallest absolute Gasteiger partial charge is 0.117 e. The van der Waals surface area contributed by atoms with E-state index in [0.717, 1.165) is 11.4 Å². The van der Waals surface area contributed by atoms with Crippen LogP contribution in [0.4, 0.5) is 11.4 Å². The van der Waals surface area contributed by atoms with Crippen molar-refractivity contribution in [2.75, 3.05) is 11.9 Å². The van der Waals surface area contributed by atoms with Crippen LogP contribution in [0.25, 0.3) is 0 Å². The predicted molar refractivity (Wildman–Crippen MR) is 67.3 cm³/mol. The van der Waals surface area contributed by atoms with Crippen molar-refractivity contribution < 1.29 is 5.11 Å². The SMILES string of the molecule is CN(c1ccc(C#N)cc1)c1cccc(O)c1. The van der Waals surface area contributed by atoms with Gasteiger partial charge in [-0.3, -0.25) is 0 Å². The lowest BCUT2D eigenvalue weighted by Gasteiger charge is -2.19. The van der Waals surface area contributed by atoms with Crippen molar-refractivity contribution in [3.05, 3.63) is 54.1 Å². The van der Waals surface area contributed by atoms with Crippen molar-refractivity contribution in [2.24, 2.45) is 0 Å². The second-order valence-corrected chi connectivity index (χ2v) is 3.74. The average Bonchev–Trinajstić information content (AvgIpc) is 2.38. The third-order valence-electron chi connectivity index (χ3n) is 2.60. The molecule has 0 aliphatic carbocycles. The molecule has 2 aromatic rings. The minimum absolute atomic E-state index is 0.239. The van der Waals surface area contributed by atoms with Crippen LogP contribution in [0.2, 0.25) is 0 Å². The van der Waals surface area contributed by atoms with Crippen molar-refractivity contribution in [3.8, 4) is 11.8 Å². The van der Waals surface area contributed by atoms with E-state index in [0.29, 0.717) is 5.56 Å². The molecule has 0 spiro atoms. The Morgan fingerprint density at radius 3 is 2.35 bits per heavy atom. The monoisotopic (exact) mass is 224 g/mol. The van der Waals surface area contributed by atoms with Gasteiger partial charge in [-0.2, -0.15) is 5.26 Å². The standard InChI is InChI=1S/C14H12N2O/c1-16(13-3-2-4-14(17)9-13)12-7-5-11(10-15)6-8-12/h2-9,17H,1H3. The zero-order valence-electron chi connectivity index (χ0n) is 9.46. The van der Waals surface area contributed by atoms with Crippen LogP contribution in [0.15, 0.2) is 48.5 Å². The highest BCUT2D eigenvalue weighted by atomic mass is 16.3. The lowest BCUT2D eigenvalue weighted by atomic mass is 10.2. The molecule has 0 atom stereocenters. The largest absolute Gasteiger partial charge is 0.508 e. The maximum absolute atomic E-state index is 9.42. The van der Waals surface area contributed by atoms with Crippen LogP contribution in [-0.4, -0.2) is 12.2 Å². The van der Waals surface area contributed by atoms with Crippen molar-refractivity contribution in [3.63, 3.8) is 0 Å². The van der Waals surface area contributed by atoms with Crippen LogP contribution >= 0.6 is 0 Å². The second-order valence-electron chi connectivity index (χ2n) is 3.74. The van der Waals surface area contributed by atoms with Gasteiger partial charge in [-0.25, -0.2) is 0 Å². The van der Waals surface area contributed by atoms with Gasteiger partial charge >= 0.3 is 0 Å². The molecule has 0 aliphatic heterocycles. The number of nitrogens with zero attached hydrogens (tertiary/aromatic N) is 2. The predicted octanol–water partition coefficient (Wildman–Crippen LogP) is 3.03. The molecule has 0 saturated carbocycles. The molecular weight excluding hydrogens is 212 g/mol. The molecule has 84 valence electrons. The molecule has 0 unspecified atom stereocenters. The summed E-state index contributed by atoms with van der Waals surface area (Å²) in [7, 11) is 1.91. The quantitative estimate of drug-likeness (QED) is 0.852. The third-order valence-corrected chi connectivity index (χ3v) is 2.60. The number of rotatable bonds is 2. The van der Waals surface area contributed by atoms with E-state index >= 15 is 0 Å². The number of nitriles is 1. The molecule has 1 N–H and O–H groups in total. The molecule has 2 aromatic carbocycles. The van der Waals surface area contributed by atoms with Gasteiger partial charge in [0.2, 0.25) is 0 Å². The van der Waals surface area contributed by atoms with Gasteiger partial charge in [-0.05, 0) is 36.4 Å². The van der Waals surface area contributed by atoms with Gasteiger partial charge < -0.3 is 10.0 Å². The number of hydrogen-bond acceptors (Lipinski definition) is 3. The second kappa shape index (κ2) is 4.58. The summed E-state index contributed by atoms with van der Waals surface area (Å²) in [4.78, 5) is 1.95. The van der Waals surface area contributed by atoms with Crippen molar-refractivity contribution >= 4 is 11.4 Å². The molecule has 0 saturated heterocycles. The molecule has 0 aromatic heterocycles. The highest BCUT2D eigenvalue weighted by Gasteiger charge is 2.04. The molecule has 2 rings (SSSR count). The molecule has 0 amide bonds. The Hall–Kier alpha value is -2.47. The Bertz CT molecular complexity index is 555. The van der Waals surface area contributed by atoms with E-state index in [-0.39, 0.29) is 5.75 Å². The van der Waals surface area contributed by atoms with Gasteiger partial charge in [-0.1, -0.05) is 6.07 Å². The van der Waals surface area contributed by atoms with Gasteiger partial charge in [0.1, 0.15) is 5.75 Å². The molecule has 3 nitrogen and oxygen atoms in total. The zero-order valence-corrected chi connectivity index (χ0v) is 9.46. The summed E-state index contributed by atoms with van der Waals surface area (Å²) < 4.78 is 0. The average molecular weight is 224 g/mol. The van der Waals surface area contributed by atoms with Gasteiger partial charge in [0.15, 0.2) is 0 Å². The van der Waals surface area contributed by atoms with E-state index in [4.69, 9.17) is 5.26 Å². The third kappa shape index (κ3) is 2.37. The van der Waals surface area contributed by atoms with E-state index < -0.39 is 0 Å². The first-order valence-electron chi connectivity index (χ1n) is 5.23. The summed E-state index contributed by atoms with van der Waals surface area (Å²) >= 11 is 0. The lowest BCUT2D eigenvalue weighted by Crippen LogP contribution is -2.08. The van der Waals surface area contributed by atoms with E-state index in [1.165, 1.54) is 0 Å². The van der Waals surface area contributed by atoms with Gasteiger partial charge in [-0.15, -0.1) is 0 Å². The molecule has 0 radical (unpaired) electrons. The molecule has 0 heterocycles. The molecule has 0 fully saturated rings. The fourth-order valence-corrected chi connectivity index (χ4v) is 1.61. The fourth-order valence-electron chi connectivity index (χ4n) is 1.61. The van der Waals surface area contributed by atoms with Gasteiger partial charge in [0, 0.05) is 24.5 Å². The Morgan fingerprint density at radius 1 is 1.06 bits per heavy atom. The van der Waals surface area contributed by atoms with Crippen LogP contribution in [0.1, 0.15) is 5.56 Å². The lowest BCUT2D eigenvalue weighted by molar-refractivity contribution is 0.475. The van der Waals surface area contributed by atoms with E-state index in [2.05, 4.69) is 6.07 Å². The number of aromatic hydroxyl groups is 1. The minimum atomic E-state index is 0.239. The van der Waals surface area contributed by atoms with Crippen LogP contribution in [0.3, 0.4) is 0 Å². The Morgan fingerprint density at radius 2 is 1.76 bits per heavy atom. The van der Waals surface area contributed by atoms with Crippen molar-refractivity contribution in [1.29, 1.82) is 5.26 Å². The first-order chi connectivity index (χ1) is 8.20. The molecule has 0 aliphatic rings. The van der Waals surface area contributed by atoms with Crippen molar-refractivity contribution in [2.45, 2.75) is 0 Å². The van der Waals surface area contributed by atoms with Crippen LogP contribution in [0.5, 0.6) is 5.75 Å². The molecule has 17 heavy (non-hydrogen) atoms. The molecule has 3 heteroatoms. The maximum atomic E-state index is 9.42. The number of benzene rings is 2. The van der Waals surface area contributed by atoms with E-state index in [1.54, 1.807) is 30.3 Å². The molecule has 0 bridgehead atoms.